The van der Waals surface area contributed by atoms with Crippen LogP contribution in [0.3, 0.4) is 0 Å². The molecule has 0 aliphatic rings. The minimum atomic E-state index is -0.590. The molecule has 1 aromatic heterocycles. The summed E-state index contributed by atoms with van der Waals surface area (Å²) in [4.78, 5) is 0. The van der Waals surface area contributed by atoms with Gasteiger partial charge < -0.3 is 24.3 Å². The van der Waals surface area contributed by atoms with Crippen molar-refractivity contribution in [1.29, 1.82) is 0 Å². The third kappa shape index (κ3) is 5.13. The smallest absolute Gasteiger partial charge is 0.123 e. The summed E-state index contributed by atoms with van der Waals surface area (Å²) >= 11 is 0. The van der Waals surface area contributed by atoms with E-state index < -0.39 is 6.10 Å². The first kappa shape index (κ1) is 15.4. The van der Waals surface area contributed by atoms with Gasteiger partial charge in [0, 0.05) is 12.6 Å². The van der Waals surface area contributed by atoms with Gasteiger partial charge in [0.1, 0.15) is 35.7 Å². The van der Waals surface area contributed by atoms with Gasteiger partial charge in [-0.05, 0) is 31.2 Å². The molecule has 0 aliphatic carbocycles. The molecule has 0 radical (unpaired) electrons. The Kier molecular flexibility index (Phi) is 5.66. The van der Waals surface area contributed by atoms with Crippen LogP contribution in [0.2, 0.25) is 0 Å². The molecule has 2 rings (SSSR count). The van der Waals surface area contributed by atoms with Crippen LogP contribution >= 0.6 is 0 Å². The summed E-state index contributed by atoms with van der Waals surface area (Å²) in [5.41, 5.74) is 0. The zero-order valence-corrected chi connectivity index (χ0v) is 12.3. The molecule has 5 heteroatoms. The molecule has 0 amide bonds. The molecule has 1 heterocycles. The van der Waals surface area contributed by atoms with E-state index in [1.807, 2.05) is 37.3 Å². The van der Waals surface area contributed by atoms with Crippen molar-refractivity contribution < 1.29 is 19.0 Å². The van der Waals surface area contributed by atoms with Gasteiger partial charge >= 0.3 is 0 Å². The molecule has 0 fully saturated rings. The van der Waals surface area contributed by atoms with Gasteiger partial charge in [-0.3, -0.25) is 0 Å². The third-order valence-electron chi connectivity index (χ3n) is 2.96. The first-order valence-electron chi connectivity index (χ1n) is 6.88. The fraction of sp³-hybridized carbons (Fsp3) is 0.375. The Morgan fingerprint density at radius 1 is 1.24 bits per heavy atom. The standard InChI is InChI=1S/C16H21NO4/c1-12-6-7-16(21-12)10-17-9-13(18)11-20-15-5-3-4-14(8-15)19-2/h3-8,13,17-18H,9-11H2,1-2H3. The van der Waals surface area contributed by atoms with Crippen LogP contribution < -0.4 is 14.8 Å². The fourth-order valence-electron chi connectivity index (χ4n) is 1.88. The topological polar surface area (TPSA) is 63.9 Å². The van der Waals surface area contributed by atoms with E-state index in [4.69, 9.17) is 13.9 Å². The highest BCUT2D eigenvalue weighted by atomic mass is 16.5. The maximum absolute atomic E-state index is 9.87. The minimum Gasteiger partial charge on any atom is -0.497 e. The van der Waals surface area contributed by atoms with Crippen molar-refractivity contribution in [2.75, 3.05) is 20.3 Å². The van der Waals surface area contributed by atoms with Gasteiger partial charge in [0.2, 0.25) is 0 Å². The van der Waals surface area contributed by atoms with Crippen LogP contribution in [0.4, 0.5) is 0 Å². The second-order valence-electron chi connectivity index (χ2n) is 4.79. The molecule has 5 nitrogen and oxygen atoms in total. The number of nitrogens with one attached hydrogen (secondary N) is 1. The van der Waals surface area contributed by atoms with Crippen molar-refractivity contribution in [3.63, 3.8) is 0 Å². The van der Waals surface area contributed by atoms with Crippen LogP contribution in [0, 0.1) is 6.92 Å². The zero-order valence-electron chi connectivity index (χ0n) is 12.3. The number of aliphatic hydroxyl groups excluding tert-OH is 1. The number of methoxy groups -OCH3 is 1. The molecule has 0 aliphatic heterocycles. The molecule has 0 spiro atoms. The van der Waals surface area contributed by atoms with Crippen molar-refractivity contribution in [2.45, 2.75) is 19.6 Å². The van der Waals surface area contributed by atoms with Crippen LogP contribution in [-0.4, -0.2) is 31.5 Å². The number of rotatable bonds is 8. The van der Waals surface area contributed by atoms with Gasteiger partial charge in [0.15, 0.2) is 0 Å². The Hall–Kier alpha value is -1.98. The summed E-state index contributed by atoms with van der Waals surface area (Å²) in [7, 11) is 1.61. The quantitative estimate of drug-likeness (QED) is 0.780. The maximum Gasteiger partial charge on any atom is 0.123 e. The molecule has 1 aromatic carbocycles. The molecule has 1 atom stereocenters. The van der Waals surface area contributed by atoms with Crippen LogP contribution in [0.25, 0.3) is 0 Å². The molecule has 2 aromatic rings. The summed E-state index contributed by atoms with van der Waals surface area (Å²) in [5.74, 6) is 3.14. The van der Waals surface area contributed by atoms with Gasteiger partial charge in [-0.1, -0.05) is 6.07 Å². The summed E-state index contributed by atoms with van der Waals surface area (Å²) in [5, 5.41) is 13.0. The minimum absolute atomic E-state index is 0.220. The Balaban J connectivity index is 1.68. The van der Waals surface area contributed by atoms with Gasteiger partial charge in [0.25, 0.3) is 0 Å². The lowest BCUT2D eigenvalue weighted by atomic mass is 10.3. The van der Waals surface area contributed by atoms with Crippen LogP contribution in [0.15, 0.2) is 40.8 Å². The fourth-order valence-corrected chi connectivity index (χ4v) is 1.88. The SMILES string of the molecule is COc1cccc(OCC(O)CNCc2ccc(C)o2)c1. The van der Waals surface area contributed by atoms with E-state index in [2.05, 4.69) is 5.32 Å². The van der Waals surface area contributed by atoms with Crippen LogP contribution in [-0.2, 0) is 6.54 Å². The zero-order chi connectivity index (χ0) is 15.1. The third-order valence-corrected chi connectivity index (χ3v) is 2.96. The van der Waals surface area contributed by atoms with E-state index in [-0.39, 0.29) is 6.61 Å². The van der Waals surface area contributed by atoms with Crippen LogP contribution in [0.1, 0.15) is 11.5 Å². The number of hydrogen-bond donors (Lipinski definition) is 2. The van der Waals surface area contributed by atoms with Crippen molar-refractivity contribution in [1.82, 2.24) is 5.32 Å². The molecular formula is C16H21NO4. The average molecular weight is 291 g/mol. The van der Waals surface area contributed by atoms with E-state index in [0.717, 1.165) is 17.3 Å². The lowest BCUT2D eigenvalue weighted by Gasteiger charge is -2.13. The summed E-state index contributed by atoms with van der Waals surface area (Å²) < 4.78 is 16.1. The first-order chi connectivity index (χ1) is 10.2. The molecule has 0 bridgehead atoms. The first-order valence-corrected chi connectivity index (χ1v) is 6.88. The van der Waals surface area contributed by atoms with Crippen molar-refractivity contribution >= 4 is 0 Å². The largest absolute Gasteiger partial charge is 0.497 e. The molecule has 2 N–H and O–H groups in total. The van der Waals surface area contributed by atoms with E-state index in [1.54, 1.807) is 13.2 Å². The molecule has 21 heavy (non-hydrogen) atoms. The Morgan fingerprint density at radius 2 is 2.05 bits per heavy atom. The predicted octanol–water partition coefficient (Wildman–Crippen LogP) is 2.13. The number of benzene rings is 1. The number of aryl methyl sites for hydroxylation is 1. The van der Waals surface area contributed by atoms with Gasteiger partial charge in [-0.25, -0.2) is 0 Å². The lowest BCUT2D eigenvalue weighted by molar-refractivity contribution is 0.105. The summed E-state index contributed by atoms with van der Waals surface area (Å²) in [6.45, 7) is 3.14. The van der Waals surface area contributed by atoms with Crippen molar-refractivity contribution in [3.05, 3.63) is 47.9 Å². The van der Waals surface area contributed by atoms with Crippen molar-refractivity contribution in [3.8, 4) is 11.5 Å². The predicted molar refractivity (Wildman–Crippen MR) is 79.6 cm³/mol. The number of aliphatic hydroxyl groups is 1. The highest BCUT2D eigenvalue weighted by Gasteiger charge is 2.06. The highest BCUT2D eigenvalue weighted by molar-refractivity contribution is 5.32. The highest BCUT2D eigenvalue weighted by Crippen LogP contribution is 2.18. The second kappa shape index (κ2) is 7.71. The molecule has 0 saturated heterocycles. The summed E-state index contributed by atoms with van der Waals surface area (Å²) in [6.07, 6.45) is -0.590. The van der Waals surface area contributed by atoms with Crippen molar-refractivity contribution in [2.24, 2.45) is 0 Å². The second-order valence-corrected chi connectivity index (χ2v) is 4.79. The van der Waals surface area contributed by atoms with E-state index in [0.29, 0.717) is 18.8 Å². The lowest BCUT2D eigenvalue weighted by Crippen LogP contribution is -2.31. The monoisotopic (exact) mass is 291 g/mol. The van der Waals surface area contributed by atoms with Gasteiger partial charge in [0.05, 0.1) is 13.7 Å². The maximum atomic E-state index is 9.87. The molecule has 1 unspecified atom stereocenters. The number of hydrogen-bond acceptors (Lipinski definition) is 5. The Bertz CT molecular complexity index is 553. The molecule has 0 saturated carbocycles. The number of furan rings is 1. The molecule has 114 valence electrons. The number of ether oxygens (including phenoxy) is 2. The Labute approximate surface area is 124 Å². The summed E-state index contributed by atoms with van der Waals surface area (Å²) in [6, 6.07) is 11.1. The molecular weight excluding hydrogens is 270 g/mol. The van der Waals surface area contributed by atoms with Gasteiger partial charge in [-0.2, -0.15) is 0 Å². The Morgan fingerprint density at radius 3 is 2.76 bits per heavy atom. The van der Waals surface area contributed by atoms with E-state index in [9.17, 15) is 5.11 Å². The van der Waals surface area contributed by atoms with Crippen LogP contribution in [0.5, 0.6) is 11.5 Å². The average Bonchev–Trinajstić information content (AvgIpc) is 2.91. The van der Waals surface area contributed by atoms with E-state index >= 15 is 0 Å². The normalized spacial score (nSPS) is 12.1. The van der Waals surface area contributed by atoms with Gasteiger partial charge in [-0.15, -0.1) is 0 Å². The van der Waals surface area contributed by atoms with E-state index in [1.165, 1.54) is 0 Å².